The summed E-state index contributed by atoms with van der Waals surface area (Å²) in [5, 5.41) is 6.51. The molecule has 0 bridgehead atoms. The number of nitrogens with one attached hydrogen (secondary N) is 2. The molecule has 3 rings (SSSR count). The van der Waals surface area contributed by atoms with Crippen LogP contribution in [-0.2, 0) is 17.8 Å². The van der Waals surface area contributed by atoms with Crippen molar-refractivity contribution in [2.24, 2.45) is 0 Å². The molecule has 148 valence electrons. The molecule has 1 heterocycles. The zero-order valence-electron chi connectivity index (χ0n) is 16.9. The van der Waals surface area contributed by atoms with Crippen molar-refractivity contribution in [1.82, 2.24) is 10.3 Å². The van der Waals surface area contributed by atoms with Gasteiger partial charge in [0.1, 0.15) is 12.3 Å². The number of H-pyrrole nitrogens is 1. The minimum Gasteiger partial charge on any atom is -0.484 e. The summed E-state index contributed by atoms with van der Waals surface area (Å²) >= 11 is 0. The third kappa shape index (κ3) is 5.86. The third-order valence-electron chi connectivity index (χ3n) is 4.48. The van der Waals surface area contributed by atoms with Crippen molar-refractivity contribution in [2.75, 3.05) is 13.2 Å². The maximum absolute atomic E-state index is 11.8. The van der Waals surface area contributed by atoms with Crippen molar-refractivity contribution >= 4 is 16.8 Å². The molecule has 0 aliphatic carbocycles. The largest absolute Gasteiger partial charge is 0.484 e. The van der Waals surface area contributed by atoms with Gasteiger partial charge in [0, 0.05) is 34.6 Å². The normalized spacial score (nSPS) is 11.5. The van der Waals surface area contributed by atoms with Gasteiger partial charge in [0.15, 0.2) is 6.61 Å². The van der Waals surface area contributed by atoms with E-state index in [2.05, 4.69) is 58.2 Å². The molecule has 0 saturated carbocycles. The first kappa shape index (κ1) is 20.0. The Labute approximate surface area is 166 Å². The first-order valence-electron chi connectivity index (χ1n) is 9.80. The summed E-state index contributed by atoms with van der Waals surface area (Å²) in [6.45, 7) is 7.85. The van der Waals surface area contributed by atoms with Gasteiger partial charge >= 0.3 is 0 Å². The lowest BCUT2D eigenvalue weighted by atomic mass is 10.1. The van der Waals surface area contributed by atoms with Crippen LogP contribution in [-0.4, -0.2) is 29.6 Å². The SMILES string of the molecule is CC(C)(C)NC(=O)COc1ccc(C[NH2+]CCc2c[nH]c3ccccc23)cc1. The summed E-state index contributed by atoms with van der Waals surface area (Å²) < 4.78 is 5.56. The lowest BCUT2D eigenvalue weighted by Crippen LogP contribution is -2.83. The van der Waals surface area contributed by atoms with Gasteiger partial charge in [-0.15, -0.1) is 0 Å². The average Bonchev–Trinajstić information content (AvgIpc) is 3.06. The van der Waals surface area contributed by atoms with Crippen LogP contribution in [0.3, 0.4) is 0 Å². The summed E-state index contributed by atoms with van der Waals surface area (Å²) in [7, 11) is 0. The molecule has 5 nitrogen and oxygen atoms in total. The number of rotatable bonds is 8. The predicted molar refractivity (Wildman–Crippen MR) is 112 cm³/mol. The van der Waals surface area contributed by atoms with E-state index in [1.54, 1.807) is 0 Å². The van der Waals surface area contributed by atoms with Crippen molar-refractivity contribution in [3.8, 4) is 5.75 Å². The number of quaternary nitrogens is 1. The van der Waals surface area contributed by atoms with Gasteiger partial charge in [-0.2, -0.15) is 0 Å². The van der Waals surface area contributed by atoms with Crippen LogP contribution in [0.1, 0.15) is 31.9 Å². The van der Waals surface area contributed by atoms with E-state index in [0.717, 1.165) is 19.5 Å². The fourth-order valence-electron chi connectivity index (χ4n) is 3.19. The van der Waals surface area contributed by atoms with Crippen molar-refractivity contribution in [3.63, 3.8) is 0 Å². The highest BCUT2D eigenvalue weighted by Crippen LogP contribution is 2.17. The van der Waals surface area contributed by atoms with E-state index in [9.17, 15) is 4.79 Å². The monoisotopic (exact) mass is 380 g/mol. The fourth-order valence-corrected chi connectivity index (χ4v) is 3.19. The number of nitrogens with two attached hydrogens (primary N) is 1. The van der Waals surface area contributed by atoms with Crippen molar-refractivity contribution in [3.05, 3.63) is 65.9 Å². The highest BCUT2D eigenvalue weighted by atomic mass is 16.5. The third-order valence-corrected chi connectivity index (χ3v) is 4.48. The number of aromatic amines is 1. The summed E-state index contributed by atoms with van der Waals surface area (Å²) in [6, 6.07) is 16.4. The first-order valence-corrected chi connectivity index (χ1v) is 9.80. The maximum atomic E-state index is 11.8. The minimum absolute atomic E-state index is 0.0351. The Morgan fingerprint density at radius 2 is 1.86 bits per heavy atom. The Hall–Kier alpha value is -2.79. The Morgan fingerprint density at radius 3 is 2.61 bits per heavy atom. The summed E-state index contributed by atoms with van der Waals surface area (Å²) in [5.74, 6) is 0.605. The number of carbonyl (C=O) groups excluding carboxylic acids is 1. The number of para-hydroxylation sites is 1. The molecule has 3 aromatic rings. The van der Waals surface area contributed by atoms with Crippen molar-refractivity contribution < 1.29 is 14.8 Å². The first-order chi connectivity index (χ1) is 13.4. The summed E-state index contributed by atoms with van der Waals surface area (Å²) in [4.78, 5) is 15.1. The number of aromatic nitrogens is 1. The molecule has 1 amide bonds. The zero-order chi connectivity index (χ0) is 20.0. The number of carbonyl (C=O) groups is 1. The highest BCUT2D eigenvalue weighted by molar-refractivity contribution is 5.83. The van der Waals surface area contributed by atoms with Crippen molar-refractivity contribution in [2.45, 2.75) is 39.3 Å². The second-order valence-corrected chi connectivity index (χ2v) is 8.12. The Morgan fingerprint density at radius 1 is 1.11 bits per heavy atom. The van der Waals surface area contributed by atoms with Gasteiger partial charge in [-0.1, -0.05) is 18.2 Å². The number of hydrogen-bond acceptors (Lipinski definition) is 2. The van der Waals surface area contributed by atoms with Gasteiger partial charge in [-0.05, 0) is 56.7 Å². The molecule has 0 atom stereocenters. The number of fused-ring (bicyclic) bond motifs is 1. The lowest BCUT2D eigenvalue weighted by Gasteiger charge is -2.20. The van der Waals surface area contributed by atoms with Gasteiger partial charge in [-0.3, -0.25) is 4.79 Å². The maximum Gasteiger partial charge on any atom is 0.258 e. The minimum atomic E-state index is -0.243. The molecule has 5 heteroatoms. The molecule has 0 radical (unpaired) electrons. The Bertz CT molecular complexity index is 907. The standard InChI is InChI=1S/C23H29N3O2/c1-23(2,3)26-22(27)16-28-19-10-8-17(9-11-19)14-24-13-12-18-15-25-21-7-5-4-6-20(18)21/h4-11,15,24-25H,12-14,16H2,1-3H3,(H,26,27)/p+1. The smallest absolute Gasteiger partial charge is 0.258 e. The van der Waals surface area contributed by atoms with Crippen LogP contribution >= 0.6 is 0 Å². The van der Waals surface area contributed by atoms with E-state index in [1.165, 1.54) is 22.0 Å². The molecule has 0 aliphatic heterocycles. The van der Waals surface area contributed by atoms with Crippen LogP contribution in [0, 0.1) is 0 Å². The molecule has 1 aromatic heterocycles. The van der Waals surface area contributed by atoms with Gasteiger partial charge in [-0.25, -0.2) is 0 Å². The Kier molecular flexibility index (Phi) is 6.37. The molecular formula is C23H30N3O2+. The number of hydrogen-bond donors (Lipinski definition) is 3. The summed E-state index contributed by atoms with van der Waals surface area (Å²) in [6.07, 6.45) is 3.15. The van der Waals surface area contributed by atoms with E-state index >= 15 is 0 Å². The highest BCUT2D eigenvalue weighted by Gasteiger charge is 2.13. The van der Waals surface area contributed by atoms with E-state index < -0.39 is 0 Å². The second-order valence-electron chi connectivity index (χ2n) is 8.12. The van der Waals surface area contributed by atoms with E-state index in [-0.39, 0.29) is 18.1 Å². The van der Waals surface area contributed by atoms with Gasteiger partial charge in [0.2, 0.25) is 0 Å². The van der Waals surface area contributed by atoms with Crippen LogP contribution in [0.2, 0.25) is 0 Å². The molecule has 0 unspecified atom stereocenters. The predicted octanol–water partition coefficient (Wildman–Crippen LogP) is 2.77. The van der Waals surface area contributed by atoms with Gasteiger partial charge in [0.05, 0.1) is 6.54 Å². The van der Waals surface area contributed by atoms with Gasteiger partial charge in [0.25, 0.3) is 5.91 Å². The molecule has 28 heavy (non-hydrogen) atoms. The van der Waals surface area contributed by atoms with Gasteiger partial charge < -0.3 is 20.4 Å². The number of amides is 1. The molecule has 2 aromatic carbocycles. The topological polar surface area (TPSA) is 70.7 Å². The molecule has 0 fully saturated rings. The number of ether oxygens (including phenoxy) is 1. The molecule has 4 N–H and O–H groups in total. The van der Waals surface area contributed by atoms with Crippen LogP contribution in [0.4, 0.5) is 0 Å². The number of benzene rings is 2. The van der Waals surface area contributed by atoms with Crippen LogP contribution in [0.5, 0.6) is 5.75 Å². The lowest BCUT2D eigenvalue weighted by molar-refractivity contribution is -0.670. The average molecular weight is 381 g/mol. The second kappa shape index (κ2) is 8.93. The van der Waals surface area contributed by atoms with E-state index in [0.29, 0.717) is 5.75 Å². The quantitative estimate of drug-likeness (QED) is 0.526. The molecule has 0 aliphatic rings. The van der Waals surface area contributed by atoms with Crippen LogP contribution in [0.15, 0.2) is 54.7 Å². The summed E-state index contributed by atoms with van der Waals surface area (Å²) in [5.41, 5.74) is 3.56. The van der Waals surface area contributed by atoms with Crippen molar-refractivity contribution in [1.29, 1.82) is 0 Å². The van der Waals surface area contributed by atoms with E-state index in [1.807, 2.05) is 32.9 Å². The van der Waals surface area contributed by atoms with Crippen LogP contribution < -0.4 is 15.4 Å². The molecule has 0 saturated heterocycles. The Balaban J connectivity index is 1.40. The fraction of sp³-hybridized carbons (Fsp3) is 0.348. The molecular weight excluding hydrogens is 350 g/mol. The molecule has 0 spiro atoms. The van der Waals surface area contributed by atoms with E-state index in [4.69, 9.17) is 4.74 Å². The van der Waals surface area contributed by atoms with Crippen LogP contribution in [0.25, 0.3) is 10.9 Å². The zero-order valence-corrected chi connectivity index (χ0v) is 16.9.